The molecule has 0 spiro atoms. The maximum Gasteiger partial charge on any atom is 0.221 e. The Morgan fingerprint density at radius 1 is 0.683 bits per heavy atom. The van der Waals surface area contributed by atoms with E-state index in [9.17, 15) is 0 Å². The van der Waals surface area contributed by atoms with E-state index < -0.39 is 0 Å². The van der Waals surface area contributed by atoms with Crippen LogP contribution in [-0.4, -0.2) is 33.4 Å². The molecule has 0 fully saturated rings. The van der Waals surface area contributed by atoms with E-state index in [1.54, 1.807) is 0 Å². The molecule has 0 radical (unpaired) electrons. The van der Waals surface area contributed by atoms with Crippen LogP contribution in [0.4, 0.5) is 0 Å². The van der Waals surface area contributed by atoms with Gasteiger partial charge in [-0.3, -0.25) is 5.10 Å². The predicted octanol–water partition coefficient (Wildman–Crippen LogP) is 8.82. The highest BCUT2D eigenvalue weighted by molar-refractivity contribution is 5.88. The molecule has 6 heteroatoms. The highest BCUT2D eigenvalue weighted by Gasteiger charge is 2.10. The molecule has 5 aromatic rings. The van der Waals surface area contributed by atoms with Crippen LogP contribution in [0.3, 0.4) is 0 Å². The van der Waals surface area contributed by atoms with Gasteiger partial charge < -0.3 is 9.47 Å². The van der Waals surface area contributed by atoms with E-state index >= 15 is 0 Å². The van der Waals surface area contributed by atoms with Gasteiger partial charge in [-0.25, -0.2) is 9.97 Å². The van der Waals surface area contributed by atoms with E-state index in [4.69, 9.17) is 19.4 Å². The largest absolute Gasteiger partial charge is 0.477 e. The number of aromatic amines is 1. The fraction of sp³-hybridized carbons (Fsp3) is 0.286. The van der Waals surface area contributed by atoms with Crippen molar-refractivity contribution >= 4 is 46.1 Å². The Morgan fingerprint density at radius 2 is 1.22 bits per heavy atom. The molecule has 0 unspecified atom stereocenters. The van der Waals surface area contributed by atoms with Gasteiger partial charge in [-0.05, 0) is 80.3 Å². The zero-order valence-corrected chi connectivity index (χ0v) is 24.4. The maximum atomic E-state index is 6.09. The standard InChI is InChI=1S/C35H38N4O2/c1-5-7-19-40-34-28(21-26-13-9-11-24(3)32(26)36-34)15-17-30-23-31(39-38-30)18-16-29-22-27-14-10-12-25(4)33(27)37-35(29)41-20-8-6-2/h9-18,21-23H,5-8,19-20H2,1-4H3,(H,38,39)/b17-15+,18-16+. The van der Waals surface area contributed by atoms with Crippen molar-refractivity contribution in [3.05, 3.63) is 88.2 Å². The molecule has 3 heterocycles. The molecule has 1 N–H and O–H groups in total. The summed E-state index contributed by atoms with van der Waals surface area (Å²) in [7, 11) is 0. The van der Waals surface area contributed by atoms with Crippen LogP contribution in [0.5, 0.6) is 11.8 Å². The highest BCUT2D eigenvalue weighted by atomic mass is 16.5. The second-order valence-electron chi connectivity index (χ2n) is 10.4. The van der Waals surface area contributed by atoms with E-state index in [0.717, 1.165) is 81.1 Å². The SMILES string of the molecule is CCCCOc1nc2c(C)cccc2cc1/C=C/c1cc(/C=C/c2cc3cccc(C)c3nc2OCCCC)[nH]n1. The molecule has 0 aliphatic rings. The Kier molecular flexibility index (Phi) is 9.09. The summed E-state index contributed by atoms with van der Waals surface area (Å²) in [6.45, 7) is 9.76. The Bertz CT molecular complexity index is 1580. The second kappa shape index (κ2) is 13.3. The molecule has 3 aromatic heterocycles. The summed E-state index contributed by atoms with van der Waals surface area (Å²) in [5.41, 5.74) is 7.81. The Hall–Kier alpha value is -4.45. The van der Waals surface area contributed by atoms with Crippen LogP contribution in [-0.2, 0) is 0 Å². The van der Waals surface area contributed by atoms with Gasteiger partial charge in [0.05, 0.1) is 35.6 Å². The summed E-state index contributed by atoms with van der Waals surface area (Å²) in [4.78, 5) is 9.72. The van der Waals surface area contributed by atoms with Crippen LogP contribution in [0.15, 0.2) is 54.6 Å². The van der Waals surface area contributed by atoms with E-state index in [2.05, 4.69) is 86.4 Å². The summed E-state index contributed by atoms with van der Waals surface area (Å²) in [5, 5.41) is 9.81. The van der Waals surface area contributed by atoms with Gasteiger partial charge in [0, 0.05) is 21.9 Å². The molecular formula is C35H38N4O2. The molecule has 0 bridgehead atoms. The number of fused-ring (bicyclic) bond motifs is 2. The first-order valence-corrected chi connectivity index (χ1v) is 14.5. The number of pyridine rings is 2. The van der Waals surface area contributed by atoms with Crippen LogP contribution in [0.2, 0.25) is 0 Å². The Morgan fingerprint density at radius 3 is 1.76 bits per heavy atom. The van der Waals surface area contributed by atoms with Crippen LogP contribution in [0.25, 0.3) is 46.1 Å². The number of aromatic nitrogens is 4. The van der Waals surface area contributed by atoms with Gasteiger partial charge in [-0.2, -0.15) is 5.10 Å². The number of nitrogens with one attached hydrogen (secondary N) is 1. The predicted molar refractivity (Wildman–Crippen MR) is 170 cm³/mol. The molecule has 0 aliphatic heterocycles. The third-order valence-corrected chi connectivity index (χ3v) is 7.05. The minimum Gasteiger partial charge on any atom is -0.477 e. The normalized spacial score (nSPS) is 11.8. The number of aryl methyl sites for hydroxylation is 2. The number of hydrogen-bond donors (Lipinski definition) is 1. The first kappa shape index (κ1) is 28.1. The van der Waals surface area contributed by atoms with Crippen LogP contribution < -0.4 is 9.47 Å². The molecule has 0 amide bonds. The summed E-state index contributed by atoms with van der Waals surface area (Å²) in [5.74, 6) is 1.31. The molecule has 0 atom stereocenters. The number of H-pyrrole nitrogens is 1. The molecule has 0 saturated heterocycles. The van der Waals surface area contributed by atoms with Gasteiger partial charge in [0.25, 0.3) is 0 Å². The number of para-hydroxylation sites is 2. The van der Waals surface area contributed by atoms with E-state index in [0.29, 0.717) is 25.0 Å². The maximum absolute atomic E-state index is 6.09. The van der Waals surface area contributed by atoms with Gasteiger partial charge in [-0.15, -0.1) is 0 Å². The van der Waals surface area contributed by atoms with Crippen molar-refractivity contribution in [2.45, 2.75) is 53.4 Å². The fourth-order valence-electron chi connectivity index (χ4n) is 4.67. The van der Waals surface area contributed by atoms with Crippen molar-refractivity contribution in [3.8, 4) is 11.8 Å². The Labute approximate surface area is 242 Å². The zero-order valence-electron chi connectivity index (χ0n) is 24.4. The molecule has 210 valence electrons. The molecule has 5 rings (SSSR count). The lowest BCUT2D eigenvalue weighted by Crippen LogP contribution is -2.01. The molecule has 2 aromatic carbocycles. The average molecular weight is 547 g/mol. The third kappa shape index (κ3) is 6.83. The first-order chi connectivity index (χ1) is 20.1. The van der Waals surface area contributed by atoms with Gasteiger partial charge in [0.1, 0.15) is 0 Å². The summed E-state index contributed by atoms with van der Waals surface area (Å²) in [6.07, 6.45) is 12.2. The zero-order chi connectivity index (χ0) is 28.6. The molecule has 6 nitrogen and oxygen atoms in total. The minimum absolute atomic E-state index is 0.645. The quantitative estimate of drug-likeness (QED) is 0.158. The smallest absolute Gasteiger partial charge is 0.221 e. The lowest BCUT2D eigenvalue weighted by molar-refractivity contribution is 0.298. The van der Waals surface area contributed by atoms with Crippen molar-refractivity contribution in [1.29, 1.82) is 0 Å². The van der Waals surface area contributed by atoms with E-state index in [1.807, 2.05) is 30.4 Å². The van der Waals surface area contributed by atoms with Crippen LogP contribution in [0, 0.1) is 13.8 Å². The van der Waals surface area contributed by atoms with Gasteiger partial charge >= 0.3 is 0 Å². The van der Waals surface area contributed by atoms with Crippen molar-refractivity contribution in [3.63, 3.8) is 0 Å². The monoisotopic (exact) mass is 546 g/mol. The van der Waals surface area contributed by atoms with Gasteiger partial charge in [-0.1, -0.05) is 63.1 Å². The third-order valence-electron chi connectivity index (χ3n) is 7.05. The van der Waals surface area contributed by atoms with Crippen molar-refractivity contribution in [1.82, 2.24) is 20.2 Å². The molecule has 0 saturated carbocycles. The summed E-state index contributed by atoms with van der Waals surface area (Å²) in [6, 6.07) is 18.7. The second-order valence-corrected chi connectivity index (χ2v) is 10.4. The minimum atomic E-state index is 0.645. The van der Waals surface area contributed by atoms with Crippen molar-refractivity contribution in [2.24, 2.45) is 0 Å². The lowest BCUT2D eigenvalue weighted by Gasteiger charge is -2.10. The van der Waals surface area contributed by atoms with Crippen molar-refractivity contribution in [2.75, 3.05) is 13.2 Å². The number of nitrogens with zero attached hydrogens (tertiary/aromatic N) is 3. The molecular weight excluding hydrogens is 508 g/mol. The molecule has 0 aliphatic carbocycles. The summed E-state index contributed by atoms with van der Waals surface area (Å²) < 4.78 is 12.2. The number of hydrogen-bond acceptors (Lipinski definition) is 5. The van der Waals surface area contributed by atoms with Crippen molar-refractivity contribution < 1.29 is 9.47 Å². The van der Waals surface area contributed by atoms with E-state index in [-0.39, 0.29) is 0 Å². The van der Waals surface area contributed by atoms with Crippen LogP contribution in [0.1, 0.15) is 73.2 Å². The lowest BCUT2D eigenvalue weighted by atomic mass is 10.1. The van der Waals surface area contributed by atoms with E-state index in [1.165, 1.54) is 0 Å². The highest BCUT2D eigenvalue weighted by Crippen LogP contribution is 2.28. The topological polar surface area (TPSA) is 72.9 Å². The number of benzene rings is 2. The number of ether oxygens (including phenoxy) is 2. The first-order valence-electron chi connectivity index (χ1n) is 14.5. The van der Waals surface area contributed by atoms with Gasteiger partial charge in [0.2, 0.25) is 11.8 Å². The number of rotatable bonds is 12. The molecule has 41 heavy (non-hydrogen) atoms. The van der Waals surface area contributed by atoms with Crippen LogP contribution >= 0.6 is 0 Å². The number of unbranched alkanes of at least 4 members (excludes halogenated alkanes) is 2. The summed E-state index contributed by atoms with van der Waals surface area (Å²) >= 11 is 0. The average Bonchev–Trinajstić information content (AvgIpc) is 3.44. The van der Waals surface area contributed by atoms with Gasteiger partial charge in [0.15, 0.2) is 0 Å². The fourth-order valence-corrected chi connectivity index (χ4v) is 4.67. The Balaban J connectivity index is 1.39.